The Hall–Kier alpha value is -2.02. The third-order valence-corrected chi connectivity index (χ3v) is 3.80. The number of nitrogens with zero attached hydrogens (tertiary/aromatic N) is 2. The van der Waals surface area contributed by atoms with Crippen LogP contribution in [-0.4, -0.2) is 23.2 Å². The highest BCUT2D eigenvalue weighted by Crippen LogP contribution is 2.39. The summed E-state index contributed by atoms with van der Waals surface area (Å²) >= 11 is 0. The SMILES string of the molecule is CC1(C)C(C(=O)O)CCN1c1ccccc1C#N. The van der Waals surface area contributed by atoms with Gasteiger partial charge in [-0.2, -0.15) is 5.26 Å². The zero-order valence-electron chi connectivity index (χ0n) is 10.6. The van der Waals surface area contributed by atoms with Crippen molar-refractivity contribution in [1.82, 2.24) is 0 Å². The van der Waals surface area contributed by atoms with Crippen molar-refractivity contribution in [2.75, 3.05) is 11.4 Å². The van der Waals surface area contributed by atoms with Crippen LogP contribution in [0.15, 0.2) is 24.3 Å². The summed E-state index contributed by atoms with van der Waals surface area (Å²) in [6.45, 7) is 4.52. The summed E-state index contributed by atoms with van der Waals surface area (Å²) in [5, 5.41) is 18.4. The number of carboxylic acids is 1. The van der Waals surface area contributed by atoms with Gasteiger partial charge in [0.05, 0.1) is 17.2 Å². The first-order valence-corrected chi connectivity index (χ1v) is 5.98. The number of benzene rings is 1. The predicted molar refractivity (Wildman–Crippen MR) is 68.3 cm³/mol. The van der Waals surface area contributed by atoms with Gasteiger partial charge in [-0.3, -0.25) is 4.79 Å². The summed E-state index contributed by atoms with van der Waals surface area (Å²) in [7, 11) is 0. The van der Waals surface area contributed by atoms with Crippen molar-refractivity contribution in [1.29, 1.82) is 5.26 Å². The fraction of sp³-hybridized carbons (Fsp3) is 0.429. The van der Waals surface area contributed by atoms with E-state index in [4.69, 9.17) is 5.26 Å². The molecule has 1 heterocycles. The second kappa shape index (κ2) is 4.34. The van der Waals surface area contributed by atoms with Crippen molar-refractivity contribution < 1.29 is 9.90 Å². The Morgan fingerprint density at radius 2 is 2.17 bits per heavy atom. The molecule has 1 aliphatic heterocycles. The molecule has 1 fully saturated rings. The van der Waals surface area contributed by atoms with E-state index in [1.165, 1.54) is 0 Å². The fourth-order valence-corrected chi connectivity index (χ4v) is 2.75. The average Bonchev–Trinajstić information content (AvgIpc) is 2.64. The molecule has 1 aliphatic rings. The number of rotatable bonds is 2. The van der Waals surface area contributed by atoms with E-state index in [1.54, 1.807) is 6.07 Å². The Bertz CT molecular complexity index is 517. The van der Waals surface area contributed by atoms with Gasteiger partial charge in [-0.15, -0.1) is 0 Å². The first-order chi connectivity index (χ1) is 8.48. The predicted octanol–water partition coefficient (Wildman–Crippen LogP) is 2.25. The van der Waals surface area contributed by atoms with Crippen LogP contribution in [0.5, 0.6) is 0 Å². The molecular formula is C14H16N2O2. The van der Waals surface area contributed by atoms with Crippen molar-refractivity contribution in [3.8, 4) is 6.07 Å². The van der Waals surface area contributed by atoms with Crippen LogP contribution < -0.4 is 4.90 Å². The Labute approximate surface area is 106 Å². The Morgan fingerprint density at radius 3 is 2.72 bits per heavy atom. The smallest absolute Gasteiger partial charge is 0.308 e. The van der Waals surface area contributed by atoms with Crippen molar-refractivity contribution in [2.24, 2.45) is 5.92 Å². The Kier molecular flexibility index (Phi) is 3.00. The first-order valence-electron chi connectivity index (χ1n) is 5.98. The minimum Gasteiger partial charge on any atom is -0.481 e. The highest BCUT2D eigenvalue weighted by atomic mass is 16.4. The monoisotopic (exact) mass is 244 g/mol. The number of carbonyl (C=O) groups is 1. The molecule has 2 rings (SSSR count). The third-order valence-electron chi connectivity index (χ3n) is 3.80. The molecule has 4 nitrogen and oxygen atoms in total. The number of nitriles is 1. The van der Waals surface area contributed by atoms with Gasteiger partial charge in [-0.25, -0.2) is 0 Å². The van der Waals surface area contributed by atoms with E-state index < -0.39 is 17.4 Å². The third kappa shape index (κ3) is 1.82. The van der Waals surface area contributed by atoms with Crippen molar-refractivity contribution in [3.63, 3.8) is 0 Å². The lowest BCUT2D eigenvalue weighted by atomic mass is 9.88. The van der Waals surface area contributed by atoms with Crippen LogP contribution in [0, 0.1) is 17.2 Å². The molecule has 4 heteroatoms. The molecule has 0 amide bonds. The lowest BCUT2D eigenvalue weighted by Gasteiger charge is -2.36. The van der Waals surface area contributed by atoms with Crippen LogP contribution >= 0.6 is 0 Å². The number of carboxylic acid groups (broad SMARTS) is 1. The minimum absolute atomic E-state index is 0.399. The van der Waals surface area contributed by atoms with Gasteiger partial charge in [0.1, 0.15) is 6.07 Å². The van der Waals surface area contributed by atoms with E-state index in [1.807, 2.05) is 36.9 Å². The summed E-state index contributed by atoms with van der Waals surface area (Å²) in [5.74, 6) is -1.17. The second-order valence-electron chi connectivity index (χ2n) is 5.11. The molecule has 0 aromatic heterocycles. The van der Waals surface area contributed by atoms with Crippen LogP contribution in [0.1, 0.15) is 25.8 Å². The second-order valence-corrected chi connectivity index (χ2v) is 5.11. The molecule has 0 radical (unpaired) electrons. The number of anilines is 1. The highest BCUT2D eigenvalue weighted by Gasteiger charge is 2.45. The van der Waals surface area contributed by atoms with Crippen LogP contribution in [-0.2, 0) is 4.79 Å². The lowest BCUT2D eigenvalue weighted by Crippen LogP contribution is -2.45. The lowest BCUT2D eigenvalue weighted by molar-refractivity contribution is -0.142. The molecule has 18 heavy (non-hydrogen) atoms. The highest BCUT2D eigenvalue weighted by molar-refractivity contribution is 5.75. The zero-order valence-corrected chi connectivity index (χ0v) is 10.6. The summed E-state index contributed by atoms with van der Waals surface area (Å²) < 4.78 is 0. The molecule has 0 bridgehead atoms. The maximum absolute atomic E-state index is 11.3. The van der Waals surface area contributed by atoms with Gasteiger partial charge in [0, 0.05) is 12.1 Å². The number of aliphatic carboxylic acids is 1. The van der Waals surface area contributed by atoms with Gasteiger partial charge in [-0.1, -0.05) is 12.1 Å². The normalized spacial score (nSPS) is 21.6. The summed E-state index contributed by atoms with van der Waals surface area (Å²) in [4.78, 5) is 13.3. The molecule has 0 aliphatic carbocycles. The van der Waals surface area contributed by atoms with Gasteiger partial charge in [0.15, 0.2) is 0 Å². The van der Waals surface area contributed by atoms with Crippen molar-refractivity contribution in [2.45, 2.75) is 25.8 Å². The average molecular weight is 244 g/mol. The molecule has 1 aromatic carbocycles. The standard InChI is InChI=1S/C14H16N2O2/c1-14(2)11(13(17)18)7-8-16(14)12-6-4-3-5-10(12)9-15/h3-6,11H,7-8H2,1-2H3,(H,17,18). The molecule has 1 unspecified atom stereocenters. The molecule has 0 spiro atoms. The van der Waals surface area contributed by atoms with Gasteiger partial charge in [-0.05, 0) is 32.4 Å². The van der Waals surface area contributed by atoms with E-state index in [2.05, 4.69) is 6.07 Å². The van der Waals surface area contributed by atoms with E-state index in [9.17, 15) is 9.90 Å². The Morgan fingerprint density at radius 1 is 1.50 bits per heavy atom. The van der Waals surface area contributed by atoms with Crippen molar-refractivity contribution >= 4 is 11.7 Å². The van der Waals surface area contributed by atoms with Crippen LogP contribution in [0.2, 0.25) is 0 Å². The van der Waals surface area contributed by atoms with Gasteiger partial charge in [0.25, 0.3) is 0 Å². The van der Waals surface area contributed by atoms with E-state index >= 15 is 0 Å². The summed E-state index contributed by atoms with van der Waals surface area (Å²) in [5.41, 5.74) is 0.948. The van der Waals surface area contributed by atoms with E-state index in [0.717, 1.165) is 5.69 Å². The van der Waals surface area contributed by atoms with Gasteiger partial charge < -0.3 is 10.0 Å². The maximum atomic E-state index is 11.3. The number of hydrogen-bond acceptors (Lipinski definition) is 3. The van der Waals surface area contributed by atoms with E-state index in [0.29, 0.717) is 18.5 Å². The van der Waals surface area contributed by atoms with Gasteiger partial charge in [0.2, 0.25) is 0 Å². The van der Waals surface area contributed by atoms with Crippen LogP contribution in [0.4, 0.5) is 5.69 Å². The topological polar surface area (TPSA) is 64.3 Å². The zero-order chi connectivity index (χ0) is 13.3. The minimum atomic E-state index is -0.767. The summed E-state index contributed by atoms with van der Waals surface area (Å²) in [6, 6.07) is 9.50. The molecular weight excluding hydrogens is 228 g/mol. The van der Waals surface area contributed by atoms with Crippen LogP contribution in [0.3, 0.4) is 0 Å². The summed E-state index contributed by atoms with van der Waals surface area (Å²) in [6.07, 6.45) is 0.613. The largest absolute Gasteiger partial charge is 0.481 e. The fourth-order valence-electron chi connectivity index (χ4n) is 2.75. The molecule has 1 saturated heterocycles. The molecule has 94 valence electrons. The number of para-hydroxylation sites is 1. The Balaban J connectivity index is 2.42. The van der Waals surface area contributed by atoms with Crippen molar-refractivity contribution in [3.05, 3.63) is 29.8 Å². The van der Waals surface area contributed by atoms with Gasteiger partial charge >= 0.3 is 5.97 Å². The molecule has 1 atom stereocenters. The van der Waals surface area contributed by atoms with E-state index in [-0.39, 0.29) is 0 Å². The number of hydrogen-bond donors (Lipinski definition) is 1. The molecule has 0 saturated carbocycles. The quantitative estimate of drug-likeness (QED) is 0.866. The van der Waals surface area contributed by atoms with Crippen LogP contribution in [0.25, 0.3) is 0 Å². The molecule has 1 aromatic rings. The molecule has 1 N–H and O–H groups in total. The first kappa shape index (κ1) is 12.4. The maximum Gasteiger partial charge on any atom is 0.308 e.